The van der Waals surface area contributed by atoms with Crippen molar-refractivity contribution >= 4 is 5.78 Å². The summed E-state index contributed by atoms with van der Waals surface area (Å²) in [4.78, 5) is 14.7. The lowest BCUT2D eigenvalue weighted by Gasteiger charge is -2.34. The van der Waals surface area contributed by atoms with Crippen molar-refractivity contribution in [3.63, 3.8) is 0 Å². The average Bonchev–Trinajstić information content (AvgIpc) is 2.54. The van der Waals surface area contributed by atoms with E-state index >= 15 is 0 Å². The van der Waals surface area contributed by atoms with Crippen molar-refractivity contribution in [2.45, 2.75) is 45.1 Å². The third-order valence-electron chi connectivity index (χ3n) is 4.82. The van der Waals surface area contributed by atoms with Gasteiger partial charge in [0.25, 0.3) is 0 Å². The Hall–Kier alpha value is -1.35. The van der Waals surface area contributed by atoms with Crippen LogP contribution in [-0.2, 0) is 0 Å². The van der Waals surface area contributed by atoms with E-state index in [1.54, 1.807) is 7.11 Å². The molecule has 1 fully saturated rings. The van der Waals surface area contributed by atoms with Crippen LogP contribution in [0.5, 0.6) is 5.75 Å². The highest BCUT2D eigenvalue weighted by molar-refractivity contribution is 6.00. The molecule has 0 aromatic heterocycles. The average molecular weight is 289 g/mol. The van der Waals surface area contributed by atoms with Crippen LogP contribution in [0.4, 0.5) is 0 Å². The molecule has 1 aliphatic carbocycles. The van der Waals surface area contributed by atoms with Gasteiger partial charge < -0.3 is 4.74 Å². The van der Waals surface area contributed by atoms with Crippen molar-refractivity contribution in [1.29, 1.82) is 0 Å². The van der Waals surface area contributed by atoms with Crippen LogP contribution in [0.1, 0.15) is 49.4 Å². The largest absolute Gasteiger partial charge is 0.496 e. The Morgan fingerprint density at radius 3 is 2.52 bits per heavy atom. The van der Waals surface area contributed by atoms with Gasteiger partial charge >= 0.3 is 0 Å². The van der Waals surface area contributed by atoms with Gasteiger partial charge in [-0.15, -0.1) is 0 Å². The van der Waals surface area contributed by atoms with E-state index < -0.39 is 0 Å². The van der Waals surface area contributed by atoms with E-state index in [9.17, 15) is 4.79 Å². The molecule has 1 aromatic carbocycles. The predicted octanol–water partition coefficient (Wildman–Crippen LogP) is 3.78. The minimum atomic E-state index is 0.146. The summed E-state index contributed by atoms with van der Waals surface area (Å²) in [5, 5.41) is 0. The van der Waals surface area contributed by atoms with Gasteiger partial charge in [0.2, 0.25) is 0 Å². The first-order valence-corrected chi connectivity index (χ1v) is 8.02. The van der Waals surface area contributed by atoms with E-state index in [0.717, 1.165) is 5.92 Å². The highest BCUT2D eigenvalue weighted by atomic mass is 16.5. The van der Waals surface area contributed by atoms with Crippen LogP contribution in [0.15, 0.2) is 24.3 Å². The lowest BCUT2D eigenvalue weighted by atomic mass is 9.84. The third kappa shape index (κ3) is 4.07. The summed E-state index contributed by atoms with van der Waals surface area (Å²) < 4.78 is 5.28. The maximum Gasteiger partial charge on any atom is 0.180 e. The molecule has 1 aliphatic rings. The van der Waals surface area contributed by atoms with Gasteiger partial charge in [-0.1, -0.05) is 25.5 Å². The third-order valence-corrected chi connectivity index (χ3v) is 4.82. The van der Waals surface area contributed by atoms with E-state index in [-0.39, 0.29) is 5.78 Å². The molecule has 0 spiro atoms. The lowest BCUT2D eigenvalue weighted by Crippen LogP contribution is -2.38. The number of hydrogen-bond donors (Lipinski definition) is 0. The van der Waals surface area contributed by atoms with Gasteiger partial charge in [-0.05, 0) is 50.8 Å². The molecule has 0 amide bonds. The topological polar surface area (TPSA) is 29.5 Å². The highest BCUT2D eigenvalue weighted by Crippen LogP contribution is 2.29. The van der Waals surface area contributed by atoms with Gasteiger partial charge in [0.15, 0.2) is 5.78 Å². The monoisotopic (exact) mass is 289 g/mol. The van der Waals surface area contributed by atoms with Gasteiger partial charge in [0, 0.05) is 6.04 Å². The summed E-state index contributed by atoms with van der Waals surface area (Å²) in [5.41, 5.74) is 0.689. The number of nitrogens with zero attached hydrogens (tertiary/aromatic N) is 1. The fourth-order valence-electron chi connectivity index (χ4n) is 3.31. The molecule has 3 heteroatoms. The molecule has 0 radical (unpaired) electrons. The zero-order chi connectivity index (χ0) is 15.2. The first-order chi connectivity index (χ1) is 10.2. The number of para-hydroxylation sites is 1. The maximum absolute atomic E-state index is 12.5. The molecule has 116 valence electrons. The minimum Gasteiger partial charge on any atom is -0.496 e. The number of Topliss-reactive ketones (excluding diaryl/α,β-unsaturated/α-hetero) is 1. The fourth-order valence-corrected chi connectivity index (χ4v) is 3.31. The van der Waals surface area contributed by atoms with E-state index in [2.05, 4.69) is 18.9 Å². The molecule has 0 aliphatic heterocycles. The second-order valence-corrected chi connectivity index (χ2v) is 6.12. The van der Waals surface area contributed by atoms with Crippen LogP contribution in [0, 0.1) is 5.92 Å². The number of carbonyl (C=O) groups is 1. The number of benzene rings is 1. The van der Waals surface area contributed by atoms with Crippen LogP contribution >= 0.6 is 0 Å². The lowest BCUT2D eigenvalue weighted by molar-refractivity contribution is 0.0882. The Bertz CT molecular complexity index is 464. The van der Waals surface area contributed by atoms with Gasteiger partial charge in [-0.3, -0.25) is 9.69 Å². The van der Waals surface area contributed by atoms with Gasteiger partial charge in [-0.2, -0.15) is 0 Å². The molecule has 0 bridgehead atoms. The van der Waals surface area contributed by atoms with E-state index in [4.69, 9.17) is 4.74 Å². The molecule has 1 aromatic rings. The van der Waals surface area contributed by atoms with Gasteiger partial charge in [-0.25, -0.2) is 0 Å². The number of methoxy groups -OCH3 is 1. The number of likely N-dealkylation sites (N-methyl/N-ethyl adjacent to an activating group) is 1. The standard InChI is InChI=1S/C18H27NO2/c1-4-14-9-11-15(12-10-14)19(2)13-17(20)16-7-5-6-8-18(16)21-3/h5-8,14-15H,4,9-13H2,1-3H3. The van der Waals surface area contributed by atoms with Crippen LogP contribution in [-0.4, -0.2) is 37.4 Å². The molecule has 1 saturated carbocycles. The highest BCUT2D eigenvalue weighted by Gasteiger charge is 2.24. The zero-order valence-electron chi connectivity index (χ0n) is 13.5. The minimum absolute atomic E-state index is 0.146. The first-order valence-electron chi connectivity index (χ1n) is 8.02. The van der Waals surface area contributed by atoms with Crippen LogP contribution in [0.25, 0.3) is 0 Å². The first kappa shape index (κ1) is 16.0. The van der Waals surface area contributed by atoms with Crippen molar-refractivity contribution in [3.8, 4) is 5.75 Å². The summed E-state index contributed by atoms with van der Waals surface area (Å²) in [6.07, 6.45) is 6.32. The number of ether oxygens (including phenoxy) is 1. The maximum atomic E-state index is 12.5. The Balaban J connectivity index is 1.93. The Labute approximate surface area is 128 Å². The Morgan fingerprint density at radius 1 is 1.24 bits per heavy atom. The molecule has 3 nitrogen and oxygen atoms in total. The Kier molecular flexibility index (Phi) is 5.80. The molecule has 0 unspecified atom stereocenters. The number of hydrogen-bond acceptors (Lipinski definition) is 3. The number of carbonyl (C=O) groups excluding carboxylic acids is 1. The quantitative estimate of drug-likeness (QED) is 0.746. The fraction of sp³-hybridized carbons (Fsp3) is 0.611. The summed E-state index contributed by atoms with van der Waals surface area (Å²) in [5.74, 6) is 1.71. The summed E-state index contributed by atoms with van der Waals surface area (Å²) in [6.45, 7) is 2.75. The SMILES string of the molecule is CCC1CCC(N(C)CC(=O)c2ccccc2OC)CC1. The van der Waals surface area contributed by atoms with Crippen LogP contribution in [0.2, 0.25) is 0 Å². The molecular weight excluding hydrogens is 262 g/mol. The number of rotatable bonds is 6. The summed E-state index contributed by atoms with van der Waals surface area (Å²) in [6, 6.07) is 8.03. The molecular formula is C18H27NO2. The molecule has 0 heterocycles. The van der Waals surface area contributed by atoms with Crippen LogP contribution in [0.3, 0.4) is 0 Å². The Morgan fingerprint density at radius 2 is 1.90 bits per heavy atom. The van der Waals surface area contributed by atoms with Crippen molar-refractivity contribution in [1.82, 2.24) is 4.90 Å². The van der Waals surface area contributed by atoms with E-state index in [1.165, 1.54) is 32.1 Å². The summed E-state index contributed by atoms with van der Waals surface area (Å²) >= 11 is 0. The van der Waals surface area contributed by atoms with E-state index in [0.29, 0.717) is 23.9 Å². The predicted molar refractivity (Wildman–Crippen MR) is 86.0 cm³/mol. The van der Waals surface area contributed by atoms with Crippen LogP contribution < -0.4 is 4.74 Å². The molecule has 0 N–H and O–H groups in total. The zero-order valence-corrected chi connectivity index (χ0v) is 13.5. The van der Waals surface area contributed by atoms with Crippen molar-refractivity contribution in [2.75, 3.05) is 20.7 Å². The second kappa shape index (κ2) is 7.60. The summed E-state index contributed by atoms with van der Waals surface area (Å²) in [7, 11) is 3.69. The molecule has 0 atom stereocenters. The normalized spacial score (nSPS) is 22.3. The smallest absolute Gasteiger partial charge is 0.180 e. The van der Waals surface area contributed by atoms with Crippen molar-refractivity contribution in [2.24, 2.45) is 5.92 Å². The van der Waals surface area contributed by atoms with Gasteiger partial charge in [0.05, 0.1) is 19.2 Å². The molecule has 2 rings (SSSR count). The number of ketones is 1. The van der Waals surface area contributed by atoms with Crippen molar-refractivity contribution in [3.05, 3.63) is 29.8 Å². The van der Waals surface area contributed by atoms with Gasteiger partial charge in [0.1, 0.15) is 5.75 Å². The molecule has 0 saturated heterocycles. The van der Waals surface area contributed by atoms with E-state index in [1.807, 2.05) is 24.3 Å². The second-order valence-electron chi connectivity index (χ2n) is 6.12. The van der Waals surface area contributed by atoms with Crippen molar-refractivity contribution < 1.29 is 9.53 Å². The molecule has 21 heavy (non-hydrogen) atoms.